The Morgan fingerprint density at radius 3 is 2.36 bits per heavy atom. The number of urea groups is 1. The maximum Gasteiger partial charge on any atom is 0.330 e. The van der Waals surface area contributed by atoms with Crippen LogP contribution in [0.3, 0.4) is 0 Å². The van der Waals surface area contributed by atoms with Crippen molar-refractivity contribution < 1.29 is 19.1 Å². The van der Waals surface area contributed by atoms with E-state index in [1.807, 2.05) is 51.1 Å². The minimum absolute atomic E-state index is 0.0505. The van der Waals surface area contributed by atoms with Crippen molar-refractivity contribution in [2.75, 3.05) is 13.7 Å². The number of carbonyl (C=O) groups is 2. The van der Waals surface area contributed by atoms with E-state index in [9.17, 15) is 9.59 Å². The Kier molecular flexibility index (Phi) is 6.85. The minimum Gasteiger partial charge on any atom is -0.467 e. The highest BCUT2D eigenvalue weighted by Gasteiger charge is 2.24. The lowest BCUT2D eigenvalue weighted by Gasteiger charge is -2.23. The van der Waals surface area contributed by atoms with Crippen molar-refractivity contribution in [2.24, 2.45) is 0 Å². The van der Waals surface area contributed by atoms with Crippen LogP contribution in [-0.2, 0) is 20.8 Å². The number of nitrogens with one attached hydrogen (secondary N) is 2. The van der Waals surface area contributed by atoms with Gasteiger partial charge in [-0.15, -0.1) is 0 Å². The molecule has 6 nitrogen and oxygen atoms in total. The highest BCUT2D eigenvalue weighted by Crippen LogP contribution is 2.07. The number of amides is 2. The molecule has 1 aromatic carbocycles. The van der Waals surface area contributed by atoms with Crippen LogP contribution in [0, 0.1) is 0 Å². The summed E-state index contributed by atoms with van der Waals surface area (Å²) in [4.78, 5) is 23.6. The van der Waals surface area contributed by atoms with Gasteiger partial charge in [0.25, 0.3) is 0 Å². The van der Waals surface area contributed by atoms with Gasteiger partial charge in [0.1, 0.15) is 0 Å². The first-order chi connectivity index (χ1) is 10.3. The largest absolute Gasteiger partial charge is 0.467 e. The summed E-state index contributed by atoms with van der Waals surface area (Å²) in [6, 6.07) is 8.20. The summed E-state index contributed by atoms with van der Waals surface area (Å²) in [5, 5.41) is 5.25. The lowest BCUT2D eigenvalue weighted by Crippen LogP contribution is -2.49. The first-order valence-electron chi connectivity index (χ1n) is 7.12. The lowest BCUT2D eigenvalue weighted by atomic mass is 10.2. The quantitative estimate of drug-likeness (QED) is 0.786. The molecule has 6 heteroatoms. The van der Waals surface area contributed by atoms with Gasteiger partial charge in [-0.2, -0.15) is 0 Å². The fourth-order valence-electron chi connectivity index (χ4n) is 1.63. The Morgan fingerprint density at radius 2 is 1.82 bits per heavy atom. The molecule has 0 aromatic heterocycles. The number of rotatable bonds is 6. The van der Waals surface area contributed by atoms with Gasteiger partial charge in [0.2, 0.25) is 0 Å². The van der Waals surface area contributed by atoms with Crippen molar-refractivity contribution in [1.82, 2.24) is 10.6 Å². The van der Waals surface area contributed by atoms with E-state index in [1.54, 1.807) is 0 Å². The molecule has 0 fully saturated rings. The van der Waals surface area contributed by atoms with E-state index < -0.39 is 23.6 Å². The second-order valence-corrected chi connectivity index (χ2v) is 5.81. The fourth-order valence-corrected chi connectivity index (χ4v) is 1.63. The van der Waals surface area contributed by atoms with E-state index in [-0.39, 0.29) is 6.61 Å². The standard InChI is InChI=1S/C16H24N2O4/c1-16(2,3)22-11-13(14(19)21-4)18-15(20)17-10-12-8-6-5-7-9-12/h5-9,13H,10-11H2,1-4H3,(H2,17,18,20). The third kappa shape index (κ3) is 7.08. The van der Waals surface area contributed by atoms with Crippen LogP contribution in [0.25, 0.3) is 0 Å². The molecule has 0 aliphatic carbocycles. The molecule has 0 saturated heterocycles. The maximum absolute atomic E-state index is 11.9. The van der Waals surface area contributed by atoms with Gasteiger partial charge in [-0.25, -0.2) is 9.59 Å². The topological polar surface area (TPSA) is 76.7 Å². The molecule has 0 bridgehead atoms. The monoisotopic (exact) mass is 308 g/mol. The second kappa shape index (κ2) is 8.38. The summed E-state index contributed by atoms with van der Waals surface area (Å²) < 4.78 is 10.2. The zero-order chi connectivity index (χ0) is 16.6. The normalized spacial score (nSPS) is 12.4. The molecule has 1 rings (SSSR count). The van der Waals surface area contributed by atoms with Crippen LogP contribution in [0.2, 0.25) is 0 Å². The van der Waals surface area contributed by atoms with E-state index in [2.05, 4.69) is 15.4 Å². The van der Waals surface area contributed by atoms with Gasteiger partial charge in [-0.1, -0.05) is 30.3 Å². The average Bonchev–Trinajstić information content (AvgIpc) is 2.48. The van der Waals surface area contributed by atoms with Crippen molar-refractivity contribution in [2.45, 2.75) is 39.0 Å². The molecule has 22 heavy (non-hydrogen) atoms. The predicted molar refractivity (Wildman–Crippen MR) is 83.3 cm³/mol. The molecular formula is C16H24N2O4. The lowest BCUT2D eigenvalue weighted by molar-refractivity contribution is -0.145. The SMILES string of the molecule is COC(=O)C(COC(C)(C)C)NC(=O)NCc1ccccc1. The Bertz CT molecular complexity index is 483. The van der Waals surface area contributed by atoms with Gasteiger partial charge in [-0.05, 0) is 26.3 Å². The zero-order valence-corrected chi connectivity index (χ0v) is 13.5. The van der Waals surface area contributed by atoms with Crippen molar-refractivity contribution in [3.63, 3.8) is 0 Å². The number of benzene rings is 1. The van der Waals surface area contributed by atoms with Gasteiger partial charge >= 0.3 is 12.0 Å². The van der Waals surface area contributed by atoms with Crippen LogP contribution < -0.4 is 10.6 Å². The van der Waals surface area contributed by atoms with Crippen LogP contribution in [0.15, 0.2) is 30.3 Å². The van der Waals surface area contributed by atoms with Gasteiger partial charge < -0.3 is 20.1 Å². The Balaban J connectivity index is 2.50. The summed E-state index contributed by atoms with van der Waals surface area (Å²) >= 11 is 0. The Hall–Kier alpha value is -2.08. The molecule has 0 radical (unpaired) electrons. The predicted octanol–water partition coefficient (Wildman–Crippen LogP) is 1.84. The van der Waals surface area contributed by atoms with Gasteiger partial charge in [0.15, 0.2) is 6.04 Å². The Morgan fingerprint density at radius 1 is 1.18 bits per heavy atom. The number of methoxy groups -OCH3 is 1. The first-order valence-corrected chi connectivity index (χ1v) is 7.12. The Labute approximate surface area is 131 Å². The zero-order valence-electron chi connectivity index (χ0n) is 13.5. The summed E-state index contributed by atoms with van der Waals surface area (Å²) in [5.74, 6) is -0.542. The molecule has 0 spiro atoms. The van der Waals surface area contributed by atoms with Crippen molar-refractivity contribution in [3.05, 3.63) is 35.9 Å². The third-order valence-corrected chi connectivity index (χ3v) is 2.77. The molecule has 2 amide bonds. The van der Waals surface area contributed by atoms with E-state index in [0.29, 0.717) is 6.54 Å². The highest BCUT2D eigenvalue weighted by molar-refractivity contribution is 5.83. The van der Waals surface area contributed by atoms with Gasteiger partial charge in [0.05, 0.1) is 19.3 Å². The average molecular weight is 308 g/mol. The molecule has 1 unspecified atom stereocenters. The van der Waals surface area contributed by atoms with Gasteiger partial charge in [-0.3, -0.25) is 0 Å². The van der Waals surface area contributed by atoms with Crippen molar-refractivity contribution >= 4 is 12.0 Å². The van der Waals surface area contributed by atoms with Crippen LogP contribution in [0.5, 0.6) is 0 Å². The molecule has 122 valence electrons. The number of hydrogen-bond donors (Lipinski definition) is 2. The van der Waals surface area contributed by atoms with Crippen LogP contribution in [-0.4, -0.2) is 37.4 Å². The third-order valence-electron chi connectivity index (χ3n) is 2.77. The van der Waals surface area contributed by atoms with Crippen LogP contribution >= 0.6 is 0 Å². The highest BCUT2D eigenvalue weighted by atomic mass is 16.5. The molecule has 1 atom stereocenters. The van der Waals surface area contributed by atoms with Crippen LogP contribution in [0.1, 0.15) is 26.3 Å². The molecule has 0 aliphatic heterocycles. The smallest absolute Gasteiger partial charge is 0.330 e. The summed E-state index contributed by atoms with van der Waals surface area (Å²) in [7, 11) is 1.27. The number of hydrogen-bond acceptors (Lipinski definition) is 4. The minimum atomic E-state index is -0.847. The maximum atomic E-state index is 11.9. The van der Waals surface area contributed by atoms with Crippen molar-refractivity contribution in [1.29, 1.82) is 0 Å². The second-order valence-electron chi connectivity index (χ2n) is 5.81. The number of esters is 1. The summed E-state index contributed by atoms with van der Waals surface area (Å²) in [6.07, 6.45) is 0. The van der Waals surface area contributed by atoms with Crippen molar-refractivity contribution in [3.8, 4) is 0 Å². The van der Waals surface area contributed by atoms with E-state index >= 15 is 0 Å². The van der Waals surface area contributed by atoms with E-state index in [0.717, 1.165) is 5.56 Å². The molecule has 0 aliphatic rings. The van der Waals surface area contributed by atoms with Crippen LogP contribution in [0.4, 0.5) is 4.79 Å². The van der Waals surface area contributed by atoms with E-state index in [4.69, 9.17) is 4.74 Å². The van der Waals surface area contributed by atoms with Gasteiger partial charge in [0, 0.05) is 6.54 Å². The fraction of sp³-hybridized carbons (Fsp3) is 0.500. The molecule has 2 N–H and O–H groups in total. The molecular weight excluding hydrogens is 284 g/mol. The number of carbonyl (C=O) groups excluding carboxylic acids is 2. The first kappa shape index (κ1) is 18.0. The molecule has 1 aromatic rings. The molecule has 0 heterocycles. The summed E-state index contributed by atoms with van der Waals surface area (Å²) in [6.45, 7) is 6.04. The number of ether oxygens (including phenoxy) is 2. The van der Waals surface area contributed by atoms with E-state index in [1.165, 1.54) is 7.11 Å². The summed E-state index contributed by atoms with van der Waals surface area (Å²) in [5.41, 5.74) is 0.562. The molecule has 0 saturated carbocycles.